The van der Waals surface area contributed by atoms with Crippen LogP contribution in [0.25, 0.3) is 21.5 Å². The number of benzene rings is 8. The van der Waals surface area contributed by atoms with Gasteiger partial charge in [0.15, 0.2) is 0 Å². The fourth-order valence-corrected chi connectivity index (χ4v) is 10.4. The number of hydrogen-bond acceptors (Lipinski definition) is 4. The molecule has 0 spiro atoms. The Kier molecular flexibility index (Phi) is 13.2. The van der Waals surface area contributed by atoms with E-state index in [-0.39, 0.29) is 25.7 Å². The number of hydrogen-bond donors (Lipinski definition) is 4. The van der Waals surface area contributed by atoms with Gasteiger partial charge in [-0.25, -0.2) is 0 Å². The zero-order valence-electron chi connectivity index (χ0n) is 39.6. The van der Waals surface area contributed by atoms with Gasteiger partial charge in [0.1, 0.15) is 5.41 Å². The van der Waals surface area contributed by atoms with Crippen molar-refractivity contribution in [1.82, 2.24) is 10.6 Å². The van der Waals surface area contributed by atoms with Crippen LogP contribution in [0.2, 0.25) is 0 Å². The molecule has 344 valence electrons. The molecule has 0 radical (unpaired) electrons. The summed E-state index contributed by atoms with van der Waals surface area (Å²) in [6.07, 6.45) is 2.26. The monoisotopic (exact) mass is 898 g/mol. The first-order valence-electron chi connectivity index (χ1n) is 24.1. The number of carbonyl (C=O) groups excluding carboxylic acids is 2. The maximum absolute atomic E-state index is 15.6. The Labute approximate surface area is 401 Å². The van der Waals surface area contributed by atoms with Crippen molar-refractivity contribution in [2.24, 2.45) is 5.41 Å². The first-order valence-corrected chi connectivity index (χ1v) is 24.1. The van der Waals surface area contributed by atoms with Gasteiger partial charge in [-0.3, -0.25) is 9.59 Å². The van der Waals surface area contributed by atoms with E-state index in [4.69, 9.17) is 0 Å². The highest BCUT2D eigenvalue weighted by Crippen LogP contribution is 2.46. The summed E-state index contributed by atoms with van der Waals surface area (Å²) in [6, 6.07) is 58.9. The summed E-state index contributed by atoms with van der Waals surface area (Å²) in [6.45, 7) is 8.17. The van der Waals surface area contributed by atoms with Gasteiger partial charge in [-0.05, 0) is 95.5 Å². The third-order valence-corrected chi connectivity index (χ3v) is 14.5. The van der Waals surface area contributed by atoms with Crippen LogP contribution in [0.5, 0.6) is 0 Å². The molecular weight excluding hydrogens is 837 g/mol. The lowest BCUT2D eigenvalue weighted by molar-refractivity contribution is -0.153. The molecule has 4 N–H and O–H groups in total. The lowest BCUT2D eigenvalue weighted by atomic mass is 9.66. The van der Waals surface area contributed by atoms with Crippen LogP contribution in [0.4, 0.5) is 0 Å². The van der Waals surface area contributed by atoms with E-state index in [9.17, 15) is 10.2 Å². The average molecular weight is 899 g/mol. The largest absolute Gasteiger partial charge is 0.387 e. The Hall–Kier alpha value is -6.86. The molecule has 2 atom stereocenters. The molecule has 6 nitrogen and oxygen atoms in total. The quantitative estimate of drug-likeness (QED) is 0.0726. The molecule has 1 saturated carbocycles. The number of amides is 2. The van der Waals surface area contributed by atoms with E-state index in [1.54, 1.807) is 0 Å². The molecule has 68 heavy (non-hydrogen) atoms. The van der Waals surface area contributed by atoms with Crippen LogP contribution in [0.15, 0.2) is 182 Å². The molecule has 0 saturated heterocycles. The van der Waals surface area contributed by atoms with E-state index in [0.717, 1.165) is 77.2 Å². The highest BCUT2D eigenvalue weighted by Gasteiger charge is 2.54. The predicted molar refractivity (Wildman–Crippen MR) is 275 cm³/mol. The van der Waals surface area contributed by atoms with Crippen molar-refractivity contribution in [3.8, 4) is 0 Å². The number of carbonyl (C=O) groups is 2. The van der Waals surface area contributed by atoms with E-state index < -0.39 is 40.5 Å². The molecule has 1 aliphatic carbocycles. The SMILES string of the molecule is Cc1ccc(CC(O)(Cc2ccc(C)cc2)[C@@H](NC(=O)C2(C(=O)N[C@@H](c3cccc4ccccc34)C(O)(Cc3ccc(C)cc3)Cc3ccc(C)cc3)CCC2)c2cccc3ccccc23)cc1. The maximum atomic E-state index is 15.6. The van der Waals surface area contributed by atoms with Crippen molar-refractivity contribution < 1.29 is 19.8 Å². The van der Waals surface area contributed by atoms with Gasteiger partial charge in [0.2, 0.25) is 11.8 Å². The summed E-state index contributed by atoms with van der Waals surface area (Å²) in [5.41, 5.74) is 5.14. The van der Waals surface area contributed by atoms with Crippen molar-refractivity contribution in [3.63, 3.8) is 0 Å². The maximum Gasteiger partial charge on any atom is 0.236 e. The average Bonchev–Trinajstić information content (AvgIpc) is 3.32. The normalized spacial score (nSPS) is 14.5. The van der Waals surface area contributed by atoms with Crippen LogP contribution < -0.4 is 10.6 Å². The Morgan fingerprint density at radius 2 is 0.735 bits per heavy atom. The van der Waals surface area contributed by atoms with E-state index in [2.05, 4.69) is 10.6 Å². The van der Waals surface area contributed by atoms with Crippen molar-refractivity contribution in [1.29, 1.82) is 0 Å². The predicted octanol–water partition coefficient (Wildman–Crippen LogP) is 11.8. The van der Waals surface area contributed by atoms with Crippen molar-refractivity contribution in [2.75, 3.05) is 0 Å². The summed E-state index contributed by atoms with van der Waals surface area (Å²) < 4.78 is 0. The molecule has 0 unspecified atom stereocenters. The van der Waals surface area contributed by atoms with Crippen LogP contribution in [0.3, 0.4) is 0 Å². The van der Waals surface area contributed by atoms with Gasteiger partial charge in [-0.2, -0.15) is 0 Å². The minimum absolute atomic E-state index is 0.239. The van der Waals surface area contributed by atoms with E-state index in [0.29, 0.717) is 19.3 Å². The number of aryl methyl sites for hydroxylation is 4. The Bertz CT molecular complexity index is 2730. The third-order valence-electron chi connectivity index (χ3n) is 14.5. The fourth-order valence-electron chi connectivity index (χ4n) is 10.4. The molecule has 0 aromatic heterocycles. The lowest BCUT2D eigenvalue weighted by Gasteiger charge is -2.45. The lowest BCUT2D eigenvalue weighted by Crippen LogP contribution is -2.61. The molecule has 0 heterocycles. The minimum atomic E-state index is -1.54. The third kappa shape index (κ3) is 9.76. The van der Waals surface area contributed by atoms with Crippen LogP contribution >= 0.6 is 0 Å². The number of fused-ring (bicyclic) bond motifs is 2. The van der Waals surface area contributed by atoms with Crippen LogP contribution in [-0.2, 0) is 35.3 Å². The molecule has 0 aliphatic heterocycles. The highest BCUT2D eigenvalue weighted by molar-refractivity contribution is 6.06. The van der Waals surface area contributed by atoms with Gasteiger partial charge in [-0.1, -0.05) is 211 Å². The number of nitrogens with one attached hydrogen (secondary N) is 2. The topological polar surface area (TPSA) is 98.7 Å². The molecule has 6 heteroatoms. The summed E-state index contributed by atoms with van der Waals surface area (Å²) >= 11 is 0. The molecule has 1 fully saturated rings. The summed E-state index contributed by atoms with van der Waals surface area (Å²) in [5, 5.41) is 37.7. The van der Waals surface area contributed by atoms with Crippen molar-refractivity contribution in [2.45, 2.75) is 95.9 Å². The van der Waals surface area contributed by atoms with E-state index >= 15 is 9.59 Å². The van der Waals surface area contributed by atoms with Gasteiger partial charge in [0, 0.05) is 25.7 Å². The zero-order chi connectivity index (χ0) is 47.5. The Balaban J connectivity index is 1.15. The molecule has 9 rings (SSSR count). The minimum Gasteiger partial charge on any atom is -0.387 e. The standard InChI is InChI=1S/C62H62N2O4/c1-42-20-28-46(29-21-42)38-61(67,39-47-30-22-43(2)23-31-47)56(54-18-9-14-50-12-5-7-16-52(50)54)63-58(65)60(36-11-37-60)59(66)64-57(55-19-10-15-51-13-6-8-17-53(51)55)62(68,40-48-32-24-44(3)25-33-48)41-49-34-26-45(4)27-35-49/h5-10,12-35,56-57,67-68H,11,36-41H2,1-4H3,(H,63,65)(H,64,66)/t56-,57-/m0/s1. The fraction of sp³-hybridized carbons (Fsp3) is 0.258. The van der Waals surface area contributed by atoms with Gasteiger partial charge in [0.05, 0.1) is 23.3 Å². The Morgan fingerprint density at radius 1 is 0.441 bits per heavy atom. The zero-order valence-corrected chi connectivity index (χ0v) is 39.6. The second kappa shape index (κ2) is 19.4. The molecule has 0 bridgehead atoms. The molecule has 2 amide bonds. The number of aliphatic hydroxyl groups is 2. The first-order chi connectivity index (χ1) is 32.8. The molecule has 8 aromatic carbocycles. The van der Waals surface area contributed by atoms with Crippen LogP contribution in [0, 0.1) is 33.1 Å². The first kappa shape index (κ1) is 46.3. The smallest absolute Gasteiger partial charge is 0.236 e. The second-order valence-electron chi connectivity index (χ2n) is 19.7. The summed E-state index contributed by atoms with van der Waals surface area (Å²) in [7, 11) is 0. The van der Waals surface area contributed by atoms with E-state index in [1.165, 1.54) is 0 Å². The summed E-state index contributed by atoms with van der Waals surface area (Å²) in [5.74, 6) is -0.884. The Morgan fingerprint density at radius 3 is 1.03 bits per heavy atom. The highest BCUT2D eigenvalue weighted by atomic mass is 16.3. The van der Waals surface area contributed by atoms with Gasteiger partial charge in [-0.15, -0.1) is 0 Å². The van der Waals surface area contributed by atoms with Crippen LogP contribution in [0.1, 0.15) is 87.0 Å². The molecular formula is C62H62N2O4. The van der Waals surface area contributed by atoms with Crippen molar-refractivity contribution >= 4 is 33.4 Å². The molecule has 8 aromatic rings. The van der Waals surface area contributed by atoms with Crippen molar-refractivity contribution in [3.05, 3.63) is 238 Å². The van der Waals surface area contributed by atoms with Gasteiger partial charge in [0.25, 0.3) is 0 Å². The van der Waals surface area contributed by atoms with Gasteiger partial charge >= 0.3 is 0 Å². The summed E-state index contributed by atoms with van der Waals surface area (Å²) in [4.78, 5) is 31.3. The number of rotatable bonds is 16. The van der Waals surface area contributed by atoms with Crippen LogP contribution in [-0.4, -0.2) is 33.2 Å². The van der Waals surface area contributed by atoms with E-state index in [1.807, 2.05) is 210 Å². The second-order valence-corrected chi connectivity index (χ2v) is 19.7. The molecule has 1 aliphatic rings. The van der Waals surface area contributed by atoms with Gasteiger partial charge < -0.3 is 20.8 Å².